The number of aromatic nitrogens is 2. The van der Waals surface area contributed by atoms with Crippen LogP contribution in [0.2, 0.25) is 5.02 Å². The average molecular weight is 369 g/mol. The Labute approximate surface area is 156 Å². The Morgan fingerprint density at radius 3 is 2.50 bits per heavy atom. The van der Waals surface area contributed by atoms with Crippen LogP contribution in [0.1, 0.15) is 20.8 Å². The number of anilines is 1. The van der Waals surface area contributed by atoms with Crippen molar-refractivity contribution in [3.05, 3.63) is 77.1 Å². The van der Waals surface area contributed by atoms with Crippen LogP contribution in [0.4, 0.5) is 5.69 Å². The first-order chi connectivity index (χ1) is 12.5. The number of nitrogens with zero attached hydrogens (tertiary/aromatic N) is 3. The molecule has 1 aromatic heterocycles. The SMILES string of the molecule is CN(C)C(=O)c1cc(NC(=O)c2ccn(-c3ccccc3)n2)ccc1Cl. The Morgan fingerprint density at radius 2 is 1.81 bits per heavy atom. The maximum atomic E-state index is 12.4. The van der Waals surface area contributed by atoms with Crippen LogP contribution >= 0.6 is 11.6 Å². The van der Waals surface area contributed by atoms with Crippen molar-refractivity contribution in [1.82, 2.24) is 14.7 Å². The molecular formula is C19H17ClN4O2. The summed E-state index contributed by atoms with van der Waals surface area (Å²) in [5, 5.41) is 7.35. The van der Waals surface area contributed by atoms with E-state index < -0.39 is 0 Å². The predicted molar refractivity (Wildman–Crippen MR) is 101 cm³/mol. The monoisotopic (exact) mass is 368 g/mol. The summed E-state index contributed by atoms with van der Waals surface area (Å²) in [6.07, 6.45) is 1.72. The number of carbonyl (C=O) groups excluding carboxylic acids is 2. The first kappa shape index (κ1) is 17.7. The number of hydrogen-bond donors (Lipinski definition) is 1. The zero-order valence-corrected chi connectivity index (χ0v) is 15.1. The minimum Gasteiger partial charge on any atom is -0.345 e. The third-order valence-electron chi connectivity index (χ3n) is 3.70. The van der Waals surface area contributed by atoms with Gasteiger partial charge in [-0.25, -0.2) is 4.68 Å². The van der Waals surface area contributed by atoms with Gasteiger partial charge in [0.1, 0.15) is 0 Å². The normalized spacial score (nSPS) is 10.4. The lowest BCUT2D eigenvalue weighted by molar-refractivity contribution is 0.0827. The van der Waals surface area contributed by atoms with Gasteiger partial charge < -0.3 is 10.2 Å². The molecule has 0 saturated carbocycles. The second kappa shape index (κ2) is 7.41. The molecule has 3 rings (SSSR count). The number of halogens is 1. The van der Waals surface area contributed by atoms with E-state index in [0.717, 1.165) is 5.69 Å². The highest BCUT2D eigenvalue weighted by atomic mass is 35.5. The molecule has 3 aromatic rings. The van der Waals surface area contributed by atoms with Crippen LogP contribution in [0.15, 0.2) is 60.8 Å². The van der Waals surface area contributed by atoms with Gasteiger partial charge in [0.15, 0.2) is 5.69 Å². The van der Waals surface area contributed by atoms with Gasteiger partial charge >= 0.3 is 0 Å². The van der Waals surface area contributed by atoms with Gasteiger partial charge in [-0.2, -0.15) is 5.10 Å². The number of benzene rings is 2. The molecule has 0 unspecified atom stereocenters. The summed E-state index contributed by atoms with van der Waals surface area (Å²) in [5.74, 6) is -0.607. The molecule has 2 aromatic carbocycles. The second-order valence-electron chi connectivity index (χ2n) is 5.83. The summed E-state index contributed by atoms with van der Waals surface area (Å²) in [6.45, 7) is 0. The topological polar surface area (TPSA) is 67.2 Å². The van der Waals surface area contributed by atoms with E-state index in [-0.39, 0.29) is 17.5 Å². The molecule has 0 fully saturated rings. The summed E-state index contributed by atoms with van der Waals surface area (Å²) in [5.41, 5.74) is 1.92. The van der Waals surface area contributed by atoms with Gasteiger partial charge in [0.25, 0.3) is 11.8 Å². The number of amides is 2. The third-order valence-corrected chi connectivity index (χ3v) is 4.03. The summed E-state index contributed by atoms with van der Waals surface area (Å²) in [6, 6.07) is 15.9. The van der Waals surface area contributed by atoms with Crippen molar-refractivity contribution < 1.29 is 9.59 Å². The standard InChI is InChI=1S/C19H17ClN4O2/c1-23(2)19(26)15-12-13(8-9-16(15)20)21-18(25)17-10-11-24(22-17)14-6-4-3-5-7-14/h3-12H,1-2H3,(H,21,25). The lowest BCUT2D eigenvalue weighted by atomic mass is 10.1. The van der Waals surface area contributed by atoms with Gasteiger partial charge in [0, 0.05) is 26.0 Å². The average Bonchev–Trinajstić information content (AvgIpc) is 3.13. The fourth-order valence-electron chi connectivity index (χ4n) is 2.37. The molecule has 7 heteroatoms. The van der Waals surface area contributed by atoms with Crippen LogP contribution < -0.4 is 5.32 Å². The molecule has 0 radical (unpaired) electrons. The van der Waals surface area contributed by atoms with Crippen LogP contribution in [0, 0.1) is 0 Å². The Morgan fingerprint density at radius 1 is 1.08 bits per heavy atom. The maximum absolute atomic E-state index is 12.4. The Kier molecular flexibility index (Phi) is 5.04. The van der Waals surface area contributed by atoms with Gasteiger partial charge in [0.05, 0.1) is 16.3 Å². The number of rotatable bonds is 4. The van der Waals surface area contributed by atoms with Crippen molar-refractivity contribution in [1.29, 1.82) is 0 Å². The van der Waals surface area contributed by atoms with E-state index in [0.29, 0.717) is 16.3 Å². The molecular weight excluding hydrogens is 352 g/mol. The fraction of sp³-hybridized carbons (Fsp3) is 0.105. The number of para-hydroxylation sites is 1. The summed E-state index contributed by atoms with van der Waals surface area (Å²) >= 11 is 6.08. The van der Waals surface area contributed by atoms with Crippen molar-refractivity contribution in [3.8, 4) is 5.69 Å². The van der Waals surface area contributed by atoms with E-state index in [2.05, 4.69) is 10.4 Å². The molecule has 2 amide bonds. The number of nitrogens with one attached hydrogen (secondary N) is 1. The molecule has 0 aliphatic rings. The first-order valence-electron chi connectivity index (χ1n) is 7.89. The van der Waals surface area contributed by atoms with Crippen LogP contribution in [0.25, 0.3) is 5.69 Å². The quantitative estimate of drug-likeness (QED) is 0.766. The molecule has 0 aliphatic heterocycles. The van der Waals surface area contributed by atoms with E-state index in [9.17, 15) is 9.59 Å². The maximum Gasteiger partial charge on any atom is 0.276 e. The first-order valence-corrected chi connectivity index (χ1v) is 8.27. The smallest absolute Gasteiger partial charge is 0.276 e. The van der Waals surface area contributed by atoms with Crippen LogP contribution in [0.5, 0.6) is 0 Å². The van der Waals surface area contributed by atoms with E-state index in [4.69, 9.17) is 11.6 Å². The lowest BCUT2D eigenvalue weighted by Crippen LogP contribution is -2.22. The number of carbonyl (C=O) groups is 2. The molecule has 6 nitrogen and oxygen atoms in total. The molecule has 0 atom stereocenters. The van der Waals surface area contributed by atoms with Crippen LogP contribution in [0.3, 0.4) is 0 Å². The Balaban J connectivity index is 1.80. The van der Waals surface area contributed by atoms with Crippen molar-refractivity contribution in [3.63, 3.8) is 0 Å². The summed E-state index contributed by atoms with van der Waals surface area (Å²) in [4.78, 5) is 26.0. The van der Waals surface area contributed by atoms with Crippen molar-refractivity contribution in [2.75, 3.05) is 19.4 Å². The lowest BCUT2D eigenvalue weighted by Gasteiger charge is -2.13. The van der Waals surface area contributed by atoms with Crippen LogP contribution in [-0.4, -0.2) is 40.6 Å². The Bertz CT molecular complexity index is 951. The van der Waals surface area contributed by atoms with E-state index >= 15 is 0 Å². The zero-order valence-electron chi connectivity index (χ0n) is 14.3. The van der Waals surface area contributed by atoms with Gasteiger partial charge in [-0.15, -0.1) is 0 Å². The molecule has 0 saturated heterocycles. The molecule has 132 valence electrons. The highest BCUT2D eigenvalue weighted by Crippen LogP contribution is 2.22. The molecule has 26 heavy (non-hydrogen) atoms. The summed E-state index contributed by atoms with van der Waals surface area (Å²) in [7, 11) is 3.28. The van der Waals surface area contributed by atoms with Gasteiger partial charge in [-0.1, -0.05) is 29.8 Å². The highest BCUT2D eigenvalue weighted by Gasteiger charge is 2.15. The minimum absolute atomic E-state index is 0.237. The van der Waals surface area contributed by atoms with Crippen molar-refractivity contribution in [2.45, 2.75) is 0 Å². The molecule has 0 bridgehead atoms. The fourth-order valence-corrected chi connectivity index (χ4v) is 2.57. The molecule has 1 heterocycles. The predicted octanol–water partition coefficient (Wildman–Crippen LogP) is 3.48. The van der Waals surface area contributed by atoms with Gasteiger partial charge in [-0.3, -0.25) is 9.59 Å². The Hall–Kier alpha value is -3.12. The molecule has 1 N–H and O–H groups in total. The largest absolute Gasteiger partial charge is 0.345 e. The van der Waals surface area contributed by atoms with E-state index in [1.54, 1.807) is 49.2 Å². The second-order valence-corrected chi connectivity index (χ2v) is 6.24. The zero-order chi connectivity index (χ0) is 18.7. The summed E-state index contributed by atoms with van der Waals surface area (Å²) < 4.78 is 1.62. The van der Waals surface area contributed by atoms with Crippen molar-refractivity contribution >= 4 is 29.1 Å². The van der Waals surface area contributed by atoms with E-state index in [1.165, 1.54) is 4.90 Å². The molecule has 0 aliphatic carbocycles. The highest BCUT2D eigenvalue weighted by molar-refractivity contribution is 6.34. The van der Waals surface area contributed by atoms with Gasteiger partial charge in [0.2, 0.25) is 0 Å². The minimum atomic E-state index is -0.370. The van der Waals surface area contributed by atoms with Crippen molar-refractivity contribution in [2.24, 2.45) is 0 Å². The van der Waals surface area contributed by atoms with Crippen LogP contribution in [-0.2, 0) is 0 Å². The number of hydrogen-bond acceptors (Lipinski definition) is 3. The van der Waals surface area contributed by atoms with Gasteiger partial charge in [-0.05, 0) is 36.4 Å². The molecule has 0 spiro atoms. The van der Waals surface area contributed by atoms with E-state index in [1.807, 2.05) is 30.3 Å². The third kappa shape index (κ3) is 3.75.